The number of rotatable bonds is 9. The van der Waals surface area contributed by atoms with Gasteiger partial charge in [-0.25, -0.2) is 21.9 Å². The Morgan fingerprint density at radius 2 is 1.62 bits per heavy atom. The average Bonchev–Trinajstić information content (AvgIpc) is 2.69. The van der Waals surface area contributed by atoms with Crippen LogP contribution in [0, 0.1) is 11.6 Å². The number of nitrogens with zero attached hydrogens (tertiary/aromatic N) is 1. The molecule has 0 saturated carbocycles. The lowest BCUT2D eigenvalue weighted by atomic mass is 10.3. The summed E-state index contributed by atoms with van der Waals surface area (Å²) in [5, 5.41) is 2.11. The normalized spacial score (nSPS) is 11.1. The molecule has 0 heterocycles. The van der Waals surface area contributed by atoms with Gasteiger partial charge in [0.2, 0.25) is 21.8 Å². The standard InChI is InChI=1S/C19H21F2N3O4S/c1-2-24(13-17(25)23-19-15(20)9-6-10-16(19)21)18(26)11-12-22-29(27,28)14-7-4-3-5-8-14/h3-10,22H,2,11-13H2,1H3,(H,23,25). The number of benzene rings is 2. The van der Waals surface area contributed by atoms with Crippen molar-refractivity contribution in [2.45, 2.75) is 18.2 Å². The highest BCUT2D eigenvalue weighted by atomic mass is 32.2. The van der Waals surface area contributed by atoms with Crippen molar-refractivity contribution in [2.24, 2.45) is 0 Å². The van der Waals surface area contributed by atoms with Gasteiger partial charge in [0.15, 0.2) is 0 Å². The van der Waals surface area contributed by atoms with Crippen molar-refractivity contribution in [3.63, 3.8) is 0 Å². The molecule has 2 rings (SSSR count). The molecule has 0 aliphatic rings. The van der Waals surface area contributed by atoms with Crippen molar-refractivity contribution in [1.29, 1.82) is 0 Å². The van der Waals surface area contributed by atoms with E-state index in [2.05, 4.69) is 10.0 Å². The number of carbonyl (C=O) groups excluding carboxylic acids is 2. The third-order valence-electron chi connectivity index (χ3n) is 3.98. The Morgan fingerprint density at radius 1 is 1.00 bits per heavy atom. The third kappa shape index (κ3) is 6.33. The van der Waals surface area contributed by atoms with Crippen LogP contribution in [0.1, 0.15) is 13.3 Å². The summed E-state index contributed by atoms with van der Waals surface area (Å²) in [4.78, 5) is 25.6. The van der Waals surface area contributed by atoms with E-state index in [9.17, 15) is 26.8 Å². The van der Waals surface area contributed by atoms with Crippen molar-refractivity contribution in [3.05, 3.63) is 60.2 Å². The second kappa shape index (κ2) is 10.1. The zero-order chi connectivity index (χ0) is 21.4. The van der Waals surface area contributed by atoms with Gasteiger partial charge in [-0.15, -0.1) is 0 Å². The van der Waals surface area contributed by atoms with Crippen LogP contribution in [0.5, 0.6) is 0 Å². The van der Waals surface area contributed by atoms with Crippen LogP contribution in [0.25, 0.3) is 0 Å². The molecule has 2 aromatic rings. The van der Waals surface area contributed by atoms with Crippen LogP contribution in [-0.2, 0) is 19.6 Å². The smallest absolute Gasteiger partial charge is 0.244 e. The molecule has 0 fully saturated rings. The molecule has 0 radical (unpaired) electrons. The van der Waals surface area contributed by atoms with Crippen molar-refractivity contribution >= 4 is 27.5 Å². The lowest BCUT2D eigenvalue weighted by Crippen LogP contribution is -2.39. The van der Waals surface area contributed by atoms with Crippen molar-refractivity contribution in [2.75, 3.05) is 25.0 Å². The molecule has 29 heavy (non-hydrogen) atoms. The SMILES string of the molecule is CCN(CC(=O)Nc1c(F)cccc1F)C(=O)CCNS(=O)(=O)c1ccccc1. The summed E-state index contributed by atoms with van der Waals surface area (Å²) < 4.78 is 53.8. The number of amides is 2. The number of halogens is 2. The van der Waals surface area contributed by atoms with Crippen LogP contribution in [0.4, 0.5) is 14.5 Å². The van der Waals surface area contributed by atoms with E-state index in [0.717, 1.165) is 17.0 Å². The first kappa shape index (κ1) is 22.4. The quantitative estimate of drug-likeness (QED) is 0.643. The second-order valence-corrected chi connectivity index (χ2v) is 7.78. The summed E-state index contributed by atoms with van der Waals surface area (Å²) in [6, 6.07) is 10.9. The van der Waals surface area contributed by atoms with Gasteiger partial charge in [0.25, 0.3) is 0 Å². The van der Waals surface area contributed by atoms with Gasteiger partial charge in [-0.1, -0.05) is 24.3 Å². The maximum Gasteiger partial charge on any atom is 0.244 e. The minimum atomic E-state index is -3.75. The van der Waals surface area contributed by atoms with Crippen molar-refractivity contribution in [3.8, 4) is 0 Å². The highest BCUT2D eigenvalue weighted by Crippen LogP contribution is 2.17. The number of para-hydroxylation sites is 1. The number of sulfonamides is 1. The number of carbonyl (C=O) groups is 2. The van der Waals surface area contributed by atoms with E-state index in [1.165, 1.54) is 18.2 Å². The largest absolute Gasteiger partial charge is 0.334 e. The predicted molar refractivity (Wildman–Crippen MR) is 103 cm³/mol. The molecule has 10 heteroatoms. The van der Waals surface area contributed by atoms with E-state index in [4.69, 9.17) is 0 Å². The Hall–Kier alpha value is -2.85. The lowest BCUT2D eigenvalue weighted by Gasteiger charge is -2.20. The fraction of sp³-hybridized carbons (Fsp3) is 0.263. The minimum Gasteiger partial charge on any atom is -0.334 e. The summed E-state index contributed by atoms with van der Waals surface area (Å²) in [5.74, 6) is -3.10. The van der Waals surface area contributed by atoms with Gasteiger partial charge in [-0.05, 0) is 31.2 Å². The molecule has 0 spiro atoms. The first-order valence-electron chi connectivity index (χ1n) is 8.81. The molecule has 0 atom stereocenters. The van der Waals surface area contributed by atoms with E-state index in [1.807, 2.05) is 0 Å². The van der Waals surface area contributed by atoms with E-state index in [0.29, 0.717) is 0 Å². The fourth-order valence-corrected chi connectivity index (χ4v) is 3.53. The zero-order valence-corrected chi connectivity index (χ0v) is 16.5. The molecule has 2 N–H and O–H groups in total. The fourth-order valence-electron chi connectivity index (χ4n) is 2.48. The lowest BCUT2D eigenvalue weighted by molar-refractivity contribution is -0.134. The van der Waals surface area contributed by atoms with Crippen LogP contribution in [0.3, 0.4) is 0 Å². The van der Waals surface area contributed by atoms with Crippen molar-refractivity contribution in [1.82, 2.24) is 9.62 Å². The van der Waals surface area contributed by atoms with E-state index < -0.39 is 45.7 Å². The molecule has 0 aromatic heterocycles. The Balaban J connectivity index is 1.89. The van der Waals surface area contributed by atoms with Crippen LogP contribution in [0.15, 0.2) is 53.4 Å². The summed E-state index contributed by atoms with van der Waals surface area (Å²) in [6.45, 7) is 1.21. The van der Waals surface area contributed by atoms with Gasteiger partial charge in [0.05, 0.1) is 11.4 Å². The van der Waals surface area contributed by atoms with Gasteiger partial charge >= 0.3 is 0 Å². The molecule has 0 saturated heterocycles. The number of hydrogen-bond donors (Lipinski definition) is 2. The van der Waals surface area contributed by atoms with Gasteiger partial charge in [0.1, 0.15) is 17.3 Å². The van der Waals surface area contributed by atoms with E-state index >= 15 is 0 Å². The Kier molecular flexibility index (Phi) is 7.80. The van der Waals surface area contributed by atoms with Crippen LogP contribution < -0.4 is 10.0 Å². The molecule has 156 valence electrons. The maximum absolute atomic E-state index is 13.6. The summed E-state index contributed by atoms with van der Waals surface area (Å²) in [5.41, 5.74) is -0.586. The highest BCUT2D eigenvalue weighted by Gasteiger charge is 2.19. The topological polar surface area (TPSA) is 95.6 Å². The van der Waals surface area contributed by atoms with Gasteiger partial charge in [-0.3, -0.25) is 9.59 Å². The monoisotopic (exact) mass is 425 g/mol. The molecule has 0 bridgehead atoms. The number of likely N-dealkylation sites (N-methyl/N-ethyl adjacent to an activating group) is 1. The molecule has 0 unspecified atom stereocenters. The number of hydrogen-bond acceptors (Lipinski definition) is 4. The minimum absolute atomic E-state index is 0.0751. The van der Waals surface area contributed by atoms with E-state index in [-0.39, 0.29) is 24.4 Å². The average molecular weight is 425 g/mol. The summed E-state index contributed by atoms with van der Waals surface area (Å²) in [7, 11) is -3.75. The molecule has 0 aliphatic heterocycles. The van der Waals surface area contributed by atoms with Gasteiger partial charge in [-0.2, -0.15) is 0 Å². The van der Waals surface area contributed by atoms with Crippen LogP contribution in [0.2, 0.25) is 0 Å². The highest BCUT2D eigenvalue weighted by molar-refractivity contribution is 7.89. The molecule has 2 aromatic carbocycles. The first-order valence-corrected chi connectivity index (χ1v) is 10.3. The molecule has 7 nitrogen and oxygen atoms in total. The first-order chi connectivity index (χ1) is 13.7. The summed E-state index contributed by atoms with van der Waals surface area (Å²) in [6.07, 6.45) is -0.179. The Morgan fingerprint density at radius 3 is 2.21 bits per heavy atom. The molecular weight excluding hydrogens is 404 g/mol. The second-order valence-electron chi connectivity index (χ2n) is 6.01. The predicted octanol–water partition coefficient (Wildman–Crippen LogP) is 2.12. The van der Waals surface area contributed by atoms with Crippen molar-refractivity contribution < 1.29 is 26.8 Å². The summed E-state index contributed by atoms with van der Waals surface area (Å²) >= 11 is 0. The Bertz CT molecular complexity index is 948. The van der Waals surface area contributed by atoms with Crippen LogP contribution in [-0.4, -0.2) is 44.8 Å². The molecule has 2 amide bonds. The number of anilines is 1. The van der Waals surface area contributed by atoms with Gasteiger partial charge < -0.3 is 10.2 Å². The molecular formula is C19H21F2N3O4S. The van der Waals surface area contributed by atoms with E-state index in [1.54, 1.807) is 25.1 Å². The van der Waals surface area contributed by atoms with Gasteiger partial charge in [0, 0.05) is 19.5 Å². The third-order valence-corrected chi connectivity index (χ3v) is 5.46. The number of nitrogens with one attached hydrogen (secondary N) is 2. The van der Waals surface area contributed by atoms with Crippen LogP contribution >= 0.6 is 0 Å². The Labute approximate surface area is 167 Å². The molecule has 0 aliphatic carbocycles. The zero-order valence-electron chi connectivity index (χ0n) is 15.7. The maximum atomic E-state index is 13.6.